The van der Waals surface area contributed by atoms with Crippen LogP contribution in [0.15, 0.2) is 12.4 Å². The highest BCUT2D eigenvalue weighted by atomic mass is 32.2. The molecular weight excluding hydrogens is 354 g/mol. The largest absolute Gasteiger partial charge is 0.357 e. The summed E-state index contributed by atoms with van der Waals surface area (Å²) in [6.07, 6.45) is 6.51. The molecule has 2 saturated heterocycles. The lowest BCUT2D eigenvalue weighted by molar-refractivity contribution is 0.0691. The van der Waals surface area contributed by atoms with Crippen LogP contribution in [0.4, 0.5) is 5.82 Å². The molecule has 0 atom stereocenters. The average Bonchev–Trinajstić information content (AvgIpc) is 3.54. The summed E-state index contributed by atoms with van der Waals surface area (Å²) in [5.74, 6) is 0.659. The Balaban J connectivity index is 1.40. The maximum Gasteiger partial charge on any atom is 0.272 e. The summed E-state index contributed by atoms with van der Waals surface area (Å²) < 4.78 is 26.2. The van der Waals surface area contributed by atoms with Crippen LogP contribution in [0, 0.1) is 0 Å². The van der Waals surface area contributed by atoms with E-state index >= 15 is 0 Å². The molecule has 1 amide bonds. The minimum absolute atomic E-state index is 0.144. The van der Waals surface area contributed by atoms with Gasteiger partial charge < -0.3 is 9.80 Å². The summed E-state index contributed by atoms with van der Waals surface area (Å²) in [5.41, 5.74) is 0.388. The number of nitrogens with zero attached hydrogens (tertiary/aromatic N) is 5. The molecule has 3 aliphatic rings. The van der Waals surface area contributed by atoms with Crippen LogP contribution in [0.3, 0.4) is 0 Å². The first-order valence-electron chi connectivity index (χ1n) is 9.41. The molecule has 0 bridgehead atoms. The van der Waals surface area contributed by atoms with Crippen LogP contribution in [-0.4, -0.2) is 78.0 Å². The molecular formula is C17H25N5O3S. The van der Waals surface area contributed by atoms with E-state index in [1.54, 1.807) is 11.0 Å². The molecule has 1 aromatic heterocycles. The van der Waals surface area contributed by atoms with E-state index in [9.17, 15) is 13.2 Å². The molecule has 0 unspecified atom stereocenters. The van der Waals surface area contributed by atoms with Crippen molar-refractivity contribution >= 4 is 21.7 Å². The summed E-state index contributed by atoms with van der Waals surface area (Å²) in [5, 5.41) is -0.196. The third-order valence-electron chi connectivity index (χ3n) is 5.38. The van der Waals surface area contributed by atoms with Gasteiger partial charge in [0.1, 0.15) is 17.8 Å². The number of sulfonamides is 1. The van der Waals surface area contributed by atoms with Crippen LogP contribution in [0.2, 0.25) is 0 Å². The molecule has 0 aromatic carbocycles. The summed E-state index contributed by atoms with van der Waals surface area (Å²) in [6.45, 7) is 3.48. The van der Waals surface area contributed by atoms with E-state index in [-0.39, 0.29) is 11.2 Å². The number of hydrogen-bond acceptors (Lipinski definition) is 6. The van der Waals surface area contributed by atoms with Crippen LogP contribution in [0.1, 0.15) is 42.6 Å². The first-order chi connectivity index (χ1) is 12.6. The Hall–Kier alpha value is -1.74. The quantitative estimate of drug-likeness (QED) is 0.766. The van der Waals surface area contributed by atoms with Crippen molar-refractivity contribution in [2.45, 2.75) is 37.4 Å². The molecule has 2 aliphatic heterocycles. The molecule has 4 rings (SSSR count). The molecule has 3 heterocycles. The molecule has 3 fully saturated rings. The number of aromatic nitrogens is 2. The van der Waals surface area contributed by atoms with Gasteiger partial charge in [0.2, 0.25) is 10.0 Å². The number of carbonyl (C=O) groups is 1. The predicted octanol–water partition coefficient (Wildman–Crippen LogP) is 0.717. The predicted molar refractivity (Wildman–Crippen MR) is 97.5 cm³/mol. The Morgan fingerprint density at radius 2 is 1.65 bits per heavy atom. The van der Waals surface area contributed by atoms with Gasteiger partial charge in [0.05, 0.1) is 5.25 Å². The molecule has 8 nitrogen and oxygen atoms in total. The van der Waals surface area contributed by atoms with Crippen LogP contribution >= 0.6 is 0 Å². The molecule has 26 heavy (non-hydrogen) atoms. The number of anilines is 1. The topological polar surface area (TPSA) is 86.7 Å². The van der Waals surface area contributed by atoms with Gasteiger partial charge in [0, 0.05) is 45.3 Å². The third kappa shape index (κ3) is 3.55. The van der Waals surface area contributed by atoms with E-state index in [0.717, 1.165) is 44.6 Å². The van der Waals surface area contributed by atoms with Crippen LogP contribution in [0.25, 0.3) is 0 Å². The average molecular weight is 379 g/mol. The Morgan fingerprint density at radius 3 is 2.31 bits per heavy atom. The number of amides is 1. The molecule has 0 radical (unpaired) electrons. The second kappa shape index (κ2) is 7.11. The highest BCUT2D eigenvalue weighted by molar-refractivity contribution is 7.90. The van der Waals surface area contributed by atoms with E-state index in [2.05, 4.69) is 14.9 Å². The number of hydrogen-bond donors (Lipinski definition) is 0. The van der Waals surface area contributed by atoms with Gasteiger partial charge in [-0.3, -0.25) is 4.79 Å². The van der Waals surface area contributed by atoms with Crippen molar-refractivity contribution in [1.82, 2.24) is 19.2 Å². The van der Waals surface area contributed by atoms with Gasteiger partial charge in [-0.1, -0.05) is 0 Å². The maximum atomic E-state index is 12.8. The molecule has 9 heteroatoms. The van der Waals surface area contributed by atoms with Crippen molar-refractivity contribution in [2.24, 2.45) is 0 Å². The van der Waals surface area contributed by atoms with Crippen molar-refractivity contribution in [3.05, 3.63) is 18.1 Å². The molecule has 142 valence electrons. The van der Waals surface area contributed by atoms with Gasteiger partial charge in [-0.05, 0) is 32.1 Å². The van der Waals surface area contributed by atoms with E-state index in [4.69, 9.17) is 0 Å². The molecule has 0 spiro atoms. The zero-order chi connectivity index (χ0) is 18.1. The normalized spacial score (nSPS) is 22.5. The number of rotatable bonds is 4. The second-order valence-corrected chi connectivity index (χ2v) is 9.46. The van der Waals surface area contributed by atoms with E-state index in [1.807, 2.05) is 0 Å². The smallest absolute Gasteiger partial charge is 0.272 e. The van der Waals surface area contributed by atoms with Gasteiger partial charge in [0.15, 0.2) is 0 Å². The van der Waals surface area contributed by atoms with Crippen LogP contribution < -0.4 is 4.90 Å². The van der Waals surface area contributed by atoms with Crippen molar-refractivity contribution < 1.29 is 13.2 Å². The Kier molecular flexibility index (Phi) is 4.83. The Labute approximate surface area is 154 Å². The monoisotopic (exact) mass is 379 g/mol. The zero-order valence-electron chi connectivity index (χ0n) is 14.9. The number of carbonyl (C=O) groups excluding carboxylic acids is 1. The lowest BCUT2D eigenvalue weighted by atomic mass is 10.1. The summed E-state index contributed by atoms with van der Waals surface area (Å²) in [6, 6.07) is 1.76. The number of piperidine rings is 1. The minimum atomic E-state index is -3.16. The van der Waals surface area contributed by atoms with Crippen molar-refractivity contribution in [3.8, 4) is 0 Å². The number of piperazine rings is 1. The van der Waals surface area contributed by atoms with Crippen molar-refractivity contribution in [1.29, 1.82) is 0 Å². The second-order valence-electron chi connectivity index (χ2n) is 7.24. The highest BCUT2D eigenvalue weighted by Gasteiger charge is 2.41. The molecule has 0 N–H and O–H groups in total. The van der Waals surface area contributed by atoms with Gasteiger partial charge in [-0.25, -0.2) is 18.4 Å². The van der Waals surface area contributed by atoms with Gasteiger partial charge in [0.25, 0.3) is 5.91 Å². The van der Waals surface area contributed by atoms with E-state index < -0.39 is 10.0 Å². The highest BCUT2D eigenvalue weighted by Crippen LogP contribution is 2.31. The fourth-order valence-corrected chi connectivity index (χ4v) is 5.47. The summed E-state index contributed by atoms with van der Waals surface area (Å²) in [4.78, 5) is 25.2. The standard InChI is InChI=1S/C17H25N5O3S/c23-17(15-12-16(19-13-18-15)20-6-2-1-3-7-20)21-8-10-22(11-9-21)26(24,25)14-4-5-14/h12-14H,1-11H2. The SMILES string of the molecule is O=C(c1cc(N2CCCCC2)ncn1)N1CCN(S(=O)(=O)C2CC2)CC1. The van der Waals surface area contributed by atoms with Gasteiger partial charge in [-0.2, -0.15) is 4.31 Å². The van der Waals surface area contributed by atoms with Crippen molar-refractivity contribution in [3.63, 3.8) is 0 Å². The first-order valence-corrected chi connectivity index (χ1v) is 10.9. The van der Waals surface area contributed by atoms with Gasteiger partial charge >= 0.3 is 0 Å². The Morgan fingerprint density at radius 1 is 0.962 bits per heavy atom. The molecule has 1 aromatic rings. The molecule has 1 saturated carbocycles. The van der Waals surface area contributed by atoms with Crippen LogP contribution in [0.5, 0.6) is 0 Å². The lowest BCUT2D eigenvalue weighted by Gasteiger charge is -2.34. The maximum absolute atomic E-state index is 12.8. The summed E-state index contributed by atoms with van der Waals surface area (Å²) in [7, 11) is -3.16. The van der Waals surface area contributed by atoms with Gasteiger partial charge in [-0.15, -0.1) is 0 Å². The Bertz CT molecular complexity index is 766. The van der Waals surface area contributed by atoms with Crippen LogP contribution in [-0.2, 0) is 10.0 Å². The minimum Gasteiger partial charge on any atom is -0.357 e. The lowest BCUT2D eigenvalue weighted by Crippen LogP contribution is -2.51. The van der Waals surface area contributed by atoms with E-state index in [1.165, 1.54) is 17.1 Å². The first kappa shape index (κ1) is 17.7. The van der Waals surface area contributed by atoms with Crippen molar-refractivity contribution in [2.75, 3.05) is 44.2 Å². The summed E-state index contributed by atoms with van der Waals surface area (Å²) >= 11 is 0. The molecule has 1 aliphatic carbocycles. The van der Waals surface area contributed by atoms with E-state index in [0.29, 0.717) is 31.9 Å². The third-order valence-corrected chi connectivity index (χ3v) is 7.78. The zero-order valence-corrected chi connectivity index (χ0v) is 15.7. The fourth-order valence-electron chi connectivity index (χ4n) is 3.64. The fraction of sp³-hybridized carbons (Fsp3) is 0.706.